The van der Waals surface area contributed by atoms with E-state index in [0.717, 1.165) is 17.5 Å². The van der Waals surface area contributed by atoms with Crippen LogP contribution < -0.4 is 5.56 Å². The highest BCUT2D eigenvalue weighted by Crippen LogP contribution is 2.28. The van der Waals surface area contributed by atoms with E-state index in [9.17, 15) is 9.59 Å². The number of rotatable bonds is 6. The number of hydrogen-bond acceptors (Lipinski definition) is 5. The van der Waals surface area contributed by atoms with E-state index < -0.39 is 0 Å². The molecule has 0 saturated heterocycles. The van der Waals surface area contributed by atoms with Crippen molar-refractivity contribution in [1.82, 2.24) is 19.4 Å². The van der Waals surface area contributed by atoms with Crippen molar-refractivity contribution in [2.45, 2.75) is 33.7 Å². The van der Waals surface area contributed by atoms with E-state index in [1.165, 1.54) is 11.3 Å². The molecular weight excluding hydrogens is 348 g/mol. The molecule has 0 aromatic carbocycles. The first kappa shape index (κ1) is 18.3. The van der Waals surface area contributed by atoms with Gasteiger partial charge in [-0.05, 0) is 50.5 Å². The second-order valence-electron chi connectivity index (χ2n) is 6.06. The van der Waals surface area contributed by atoms with Gasteiger partial charge in [-0.2, -0.15) is 0 Å². The van der Waals surface area contributed by atoms with Crippen molar-refractivity contribution in [3.8, 4) is 0 Å². The number of nitrogens with zero attached hydrogens (tertiary/aromatic N) is 4. The molecule has 3 rings (SSSR count). The maximum Gasteiger partial charge on any atom is 0.264 e. The molecule has 0 spiro atoms. The van der Waals surface area contributed by atoms with Gasteiger partial charge in [0, 0.05) is 32.0 Å². The second kappa shape index (κ2) is 7.78. The van der Waals surface area contributed by atoms with Crippen molar-refractivity contribution < 1.29 is 4.79 Å². The predicted molar refractivity (Wildman–Crippen MR) is 104 cm³/mol. The van der Waals surface area contributed by atoms with Gasteiger partial charge in [-0.1, -0.05) is 0 Å². The quantitative estimate of drug-likeness (QED) is 0.669. The van der Waals surface area contributed by atoms with Crippen molar-refractivity contribution >= 4 is 27.5 Å². The topological polar surface area (TPSA) is 68.1 Å². The SMILES string of the molecule is CCN(CCc1ccncc1)C(=O)c1sc2ncn(CC)c(=O)c2c1C. The van der Waals surface area contributed by atoms with E-state index in [-0.39, 0.29) is 11.5 Å². The average Bonchev–Trinajstić information content (AvgIpc) is 3.00. The number of carbonyl (C=O) groups excluding carboxylic acids is 1. The lowest BCUT2D eigenvalue weighted by atomic mass is 10.1. The van der Waals surface area contributed by atoms with E-state index in [2.05, 4.69) is 9.97 Å². The first-order chi connectivity index (χ1) is 12.6. The zero-order chi connectivity index (χ0) is 18.7. The molecule has 26 heavy (non-hydrogen) atoms. The molecule has 136 valence electrons. The van der Waals surface area contributed by atoms with Gasteiger partial charge in [0.25, 0.3) is 11.5 Å². The minimum atomic E-state index is -0.0786. The summed E-state index contributed by atoms with van der Waals surface area (Å²) >= 11 is 1.31. The number of fused-ring (bicyclic) bond motifs is 1. The molecule has 0 radical (unpaired) electrons. The van der Waals surface area contributed by atoms with Crippen LogP contribution in [0.4, 0.5) is 0 Å². The van der Waals surface area contributed by atoms with Crippen LogP contribution in [0.2, 0.25) is 0 Å². The number of pyridine rings is 1. The van der Waals surface area contributed by atoms with Gasteiger partial charge in [-0.15, -0.1) is 11.3 Å². The van der Waals surface area contributed by atoms with E-state index >= 15 is 0 Å². The van der Waals surface area contributed by atoms with Crippen molar-refractivity contribution in [3.63, 3.8) is 0 Å². The lowest BCUT2D eigenvalue weighted by Crippen LogP contribution is -2.32. The van der Waals surface area contributed by atoms with Crippen molar-refractivity contribution in [2.24, 2.45) is 0 Å². The fraction of sp³-hybridized carbons (Fsp3) is 0.368. The van der Waals surface area contributed by atoms with E-state index in [1.54, 1.807) is 23.3 Å². The first-order valence-corrected chi connectivity index (χ1v) is 9.55. The Labute approximate surface area is 156 Å². The number of amides is 1. The van der Waals surface area contributed by atoms with E-state index in [1.807, 2.05) is 37.8 Å². The van der Waals surface area contributed by atoms with Crippen LogP contribution in [0.1, 0.15) is 34.6 Å². The van der Waals surface area contributed by atoms with Crippen molar-refractivity contribution in [1.29, 1.82) is 0 Å². The summed E-state index contributed by atoms with van der Waals surface area (Å²) in [6.45, 7) is 7.51. The molecular formula is C19H22N4O2S. The molecule has 7 heteroatoms. The molecule has 1 amide bonds. The summed E-state index contributed by atoms with van der Waals surface area (Å²) < 4.78 is 1.57. The van der Waals surface area contributed by atoms with Gasteiger partial charge in [-0.25, -0.2) is 4.98 Å². The number of thiophene rings is 1. The summed E-state index contributed by atoms with van der Waals surface area (Å²) in [6.07, 6.45) is 5.84. The van der Waals surface area contributed by atoms with E-state index in [0.29, 0.717) is 34.7 Å². The maximum atomic E-state index is 13.0. The summed E-state index contributed by atoms with van der Waals surface area (Å²) in [5.41, 5.74) is 1.80. The number of aromatic nitrogens is 3. The average molecular weight is 370 g/mol. The Hall–Kier alpha value is -2.54. The van der Waals surface area contributed by atoms with Crippen LogP contribution in [0.15, 0.2) is 35.6 Å². The largest absolute Gasteiger partial charge is 0.338 e. The highest BCUT2D eigenvalue weighted by atomic mass is 32.1. The van der Waals surface area contributed by atoms with Gasteiger partial charge in [-0.3, -0.25) is 19.1 Å². The van der Waals surface area contributed by atoms with Gasteiger partial charge < -0.3 is 4.90 Å². The highest BCUT2D eigenvalue weighted by Gasteiger charge is 2.22. The van der Waals surface area contributed by atoms with Crippen LogP contribution >= 0.6 is 11.3 Å². The molecule has 0 aliphatic rings. The lowest BCUT2D eigenvalue weighted by Gasteiger charge is -2.20. The van der Waals surface area contributed by atoms with Gasteiger partial charge in [0.15, 0.2) is 0 Å². The number of hydrogen-bond donors (Lipinski definition) is 0. The summed E-state index contributed by atoms with van der Waals surface area (Å²) in [5.74, 6) is -0.0375. The molecule has 0 fully saturated rings. The first-order valence-electron chi connectivity index (χ1n) is 8.73. The van der Waals surface area contributed by atoms with Crippen LogP contribution in [-0.2, 0) is 13.0 Å². The Bertz CT molecular complexity index is 978. The summed E-state index contributed by atoms with van der Waals surface area (Å²) in [7, 11) is 0. The highest BCUT2D eigenvalue weighted by molar-refractivity contribution is 7.20. The Kier molecular flexibility index (Phi) is 5.46. The minimum absolute atomic E-state index is 0.0375. The van der Waals surface area contributed by atoms with Gasteiger partial charge in [0.1, 0.15) is 4.83 Å². The Morgan fingerprint density at radius 3 is 2.65 bits per heavy atom. The van der Waals surface area contributed by atoms with E-state index in [4.69, 9.17) is 0 Å². The smallest absolute Gasteiger partial charge is 0.264 e. The number of carbonyl (C=O) groups is 1. The molecule has 0 saturated carbocycles. The lowest BCUT2D eigenvalue weighted by molar-refractivity contribution is 0.0770. The van der Waals surface area contributed by atoms with Gasteiger partial charge in [0.05, 0.1) is 16.6 Å². The van der Waals surface area contributed by atoms with Crippen molar-refractivity contribution in [3.05, 3.63) is 57.2 Å². The molecule has 3 aromatic heterocycles. The predicted octanol–water partition coefficient (Wildman–Crippen LogP) is 2.89. The Morgan fingerprint density at radius 1 is 1.27 bits per heavy atom. The normalized spacial score (nSPS) is 11.0. The monoisotopic (exact) mass is 370 g/mol. The molecule has 0 unspecified atom stereocenters. The third-order valence-electron chi connectivity index (χ3n) is 4.54. The molecule has 3 heterocycles. The Morgan fingerprint density at radius 2 is 2.00 bits per heavy atom. The van der Waals surface area contributed by atoms with Gasteiger partial charge >= 0.3 is 0 Å². The number of likely N-dealkylation sites (N-methyl/N-ethyl adjacent to an activating group) is 1. The second-order valence-corrected chi connectivity index (χ2v) is 7.06. The fourth-order valence-corrected chi connectivity index (χ4v) is 4.06. The molecule has 0 atom stereocenters. The summed E-state index contributed by atoms with van der Waals surface area (Å²) in [5, 5.41) is 0.563. The molecule has 0 aliphatic carbocycles. The molecule has 0 aliphatic heterocycles. The zero-order valence-electron chi connectivity index (χ0n) is 15.2. The van der Waals surface area contributed by atoms with Crippen LogP contribution in [0.25, 0.3) is 10.2 Å². The Balaban J connectivity index is 1.89. The van der Waals surface area contributed by atoms with Crippen LogP contribution in [0, 0.1) is 6.92 Å². The van der Waals surface area contributed by atoms with Crippen LogP contribution in [0.5, 0.6) is 0 Å². The maximum absolute atomic E-state index is 13.0. The van der Waals surface area contributed by atoms with Crippen LogP contribution in [0.3, 0.4) is 0 Å². The number of aryl methyl sites for hydroxylation is 2. The molecule has 0 N–H and O–H groups in total. The van der Waals surface area contributed by atoms with Crippen LogP contribution in [-0.4, -0.2) is 38.4 Å². The minimum Gasteiger partial charge on any atom is -0.338 e. The third kappa shape index (κ3) is 3.39. The molecule has 6 nitrogen and oxygen atoms in total. The summed E-state index contributed by atoms with van der Waals surface area (Å²) in [6, 6.07) is 3.92. The van der Waals surface area contributed by atoms with Gasteiger partial charge in [0.2, 0.25) is 0 Å². The fourth-order valence-electron chi connectivity index (χ4n) is 2.95. The van der Waals surface area contributed by atoms with Crippen molar-refractivity contribution in [2.75, 3.05) is 13.1 Å². The third-order valence-corrected chi connectivity index (χ3v) is 5.73. The molecule has 0 bridgehead atoms. The molecule has 3 aromatic rings. The summed E-state index contributed by atoms with van der Waals surface area (Å²) in [4.78, 5) is 37.0. The zero-order valence-corrected chi connectivity index (χ0v) is 16.0. The standard InChI is InChI=1S/C19H22N4O2S/c1-4-22(11-8-14-6-9-20-10-7-14)19(25)16-13(3)15-17(26-16)21-12-23(5-2)18(15)24/h6-7,9-10,12H,4-5,8,11H2,1-3H3.